The van der Waals surface area contributed by atoms with Crippen LogP contribution in [-0.2, 0) is 4.79 Å². The molecule has 2 rings (SSSR count). The molecule has 1 aliphatic carbocycles. The first-order chi connectivity index (χ1) is 9.04. The molecule has 1 aliphatic heterocycles. The molecule has 3 nitrogen and oxygen atoms in total. The van der Waals surface area contributed by atoms with Crippen LogP contribution in [0.15, 0.2) is 0 Å². The van der Waals surface area contributed by atoms with E-state index in [0.717, 1.165) is 31.8 Å². The molecule has 19 heavy (non-hydrogen) atoms. The van der Waals surface area contributed by atoms with Crippen molar-refractivity contribution in [3.63, 3.8) is 0 Å². The van der Waals surface area contributed by atoms with Gasteiger partial charge in [0.2, 0.25) is 0 Å². The Balaban J connectivity index is 1.95. The standard InChI is InChI=1S/C16H30N2O/c1-14-6-8-16(13-19,9-7-14)12-18-10-4-5-15(18)11-17(2)3/h13-15H,4-12H2,1-3H3. The van der Waals surface area contributed by atoms with Gasteiger partial charge >= 0.3 is 0 Å². The quantitative estimate of drug-likeness (QED) is 0.714. The van der Waals surface area contributed by atoms with E-state index in [1.54, 1.807) is 0 Å². The molecule has 0 amide bonds. The normalized spacial score (nSPS) is 36.8. The Bertz CT molecular complexity index is 295. The van der Waals surface area contributed by atoms with Gasteiger partial charge in [0, 0.05) is 24.5 Å². The summed E-state index contributed by atoms with van der Waals surface area (Å²) < 4.78 is 0. The number of nitrogens with zero attached hydrogens (tertiary/aromatic N) is 2. The van der Waals surface area contributed by atoms with Gasteiger partial charge < -0.3 is 9.69 Å². The Morgan fingerprint density at radius 2 is 1.95 bits per heavy atom. The van der Waals surface area contributed by atoms with Gasteiger partial charge in [0.1, 0.15) is 6.29 Å². The van der Waals surface area contributed by atoms with Gasteiger partial charge in [-0.25, -0.2) is 0 Å². The van der Waals surface area contributed by atoms with E-state index < -0.39 is 0 Å². The average molecular weight is 266 g/mol. The van der Waals surface area contributed by atoms with Crippen molar-refractivity contribution in [1.29, 1.82) is 0 Å². The molecule has 1 unspecified atom stereocenters. The van der Waals surface area contributed by atoms with E-state index in [1.165, 1.54) is 38.5 Å². The van der Waals surface area contributed by atoms with Crippen molar-refractivity contribution in [2.24, 2.45) is 11.3 Å². The van der Waals surface area contributed by atoms with Gasteiger partial charge in [-0.1, -0.05) is 6.92 Å². The smallest absolute Gasteiger partial charge is 0.127 e. The second kappa shape index (κ2) is 6.36. The first-order valence-electron chi connectivity index (χ1n) is 7.90. The van der Waals surface area contributed by atoms with Crippen LogP contribution in [0.25, 0.3) is 0 Å². The van der Waals surface area contributed by atoms with Gasteiger partial charge in [0.25, 0.3) is 0 Å². The number of rotatable bonds is 5. The molecule has 1 saturated heterocycles. The van der Waals surface area contributed by atoms with Crippen molar-refractivity contribution in [3.8, 4) is 0 Å². The second-order valence-corrected chi connectivity index (χ2v) is 7.19. The van der Waals surface area contributed by atoms with Crippen LogP contribution < -0.4 is 0 Å². The highest BCUT2D eigenvalue weighted by Crippen LogP contribution is 2.39. The zero-order chi connectivity index (χ0) is 13.9. The van der Waals surface area contributed by atoms with Gasteiger partial charge in [-0.15, -0.1) is 0 Å². The molecule has 2 fully saturated rings. The fourth-order valence-corrected chi connectivity index (χ4v) is 3.79. The maximum atomic E-state index is 11.7. The number of carbonyl (C=O) groups excluding carboxylic acids is 1. The van der Waals surface area contributed by atoms with Crippen molar-refractivity contribution in [2.75, 3.05) is 33.7 Å². The van der Waals surface area contributed by atoms with Crippen LogP contribution in [0, 0.1) is 11.3 Å². The average Bonchev–Trinajstić information content (AvgIpc) is 2.79. The van der Waals surface area contributed by atoms with E-state index >= 15 is 0 Å². The molecule has 0 spiro atoms. The summed E-state index contributed by atoms with van der Waals surface area (Å²) in [6.07, 6.45) is 8.53. The molecule has 0 aromatic heterocycles. The van der Waals surface area contributed by atoms with E-state index in [4.69, 9.17) is 0 Å². The van der Waals surface area contributed by atoms with E-state index in [1.807, 2.05) is 0 Å². The zero-order valence-electron chi connectivity index (χ0n) is 12.9. The number of carbonyl (C=O) groups is 1. The zero-order valence-corrected chi connectivity index (χ0v) is 12.9. The van der Waals surface area contributed by atoms with Gasteiger partial charge in [0.05, 0.1) is 0 Å². The largest absolute Gasteiger partial charge is 0.308 e. The fraction of sp³-hybridized carbons (Fsp3) is 0.938. The Morgan fingerprint density at radius 1 is 1.26 bits per heavy atom. The van der Waals surface area contributed by atoms with Crippen LogP contribution in [0.4, 0.5) is 0 Å². The highest BCUT2D eigenvalue weighted by molar-refractivity contribution is 5.60. The predicted octanol–water partition coefficient (Wildman–Crippen LogP) is 2.41. The van der Waals surface area contributed by atoms with Crippen molar-refractivity contribution < 1.29 is 4.79 Å². The molecule has 0 bridgehead atoms. The maximum Gasteiger partial charge on any atom is 0.127 e. The Labute approximate surface area is 118 Å². The lowest BCUT2D eigenvalue weighted by molar-refractivity contribution is -0.119. The summed E-state index contributed by atoms with van der Waals surface area (Å²) in [7, 11) is 4.29. The second-order valence-electron chi connectivity index (χ2n) is 7.19. The Hall–Kier alpha value is -0.410. The minimum Gasteiger partial charge on any atom is -0.308 e. The van der Waals surface area contributed by atoms with Crippen LogP contribution in [0.5, 0.6) is 0 Å². The maximum absolute atomic E-state index is 11.7. The summed E-state index contributed by atoms with van der Waals surface area (Å²) in [5.74, 6) is 0.809. The SMILES string of the molecule is CC1CCC(C=O)(CN2CCCC2CN(C)C)CC1. The molecule has 1 saturated carbocycles. The van der Waals surface area contributed by atoms with Crippen molar-refractivity contribution in [3.05, 3.63) is 0 Å². The van der Waals surface area contributed by atoms with Crippen molar-refractivity contribution in [1.82, 2.24) is 9.80 Å². The van der Waals surface area contributed by atoms with Gasteiger partial charge in [0.15, 0.2) is 0 Å². The lowest BCUT2D eigenvalue weighted by Gasteiger charge is -2.40. The van der Waals surface area contributed by atoms with Gasteiger partial charge in [-0.3, -0.25) is 4.90 Å². The van der Waals surface area contributed by atoms with Gasteiger partial charge in [-0.05, 0) is 65.1 Å². The third-order valence-electron chi connectivity index (χ3n) is 5.11. The van der Waals surface area contributed by atoms with E-state index in [2.05, 4.69) is 30.8 Å². The fourth-order valence-electron chi connectivity index (χ4n) is 3.79. The number of hydrogen-bond donors (Lipinski definition) is 0. The van der Waals surface area contributed by atoms with Gasteiger partial charge in [-0.2, -0.15) is 0 Å². The van der Waals surface area contributed by atoms with Crippen LogP contribution >= 0.6 is 0 Å². The number of likely N-dealkylation sites (N-methyl/N-ethyl adjacent to an activating group) is 1. The topological polar surface area (TPSA) is 23.6 Å². The molecule has 2 aliphatic rings. The lowest BCUT2D eigenvalue weighted by atomic mass is 9.71. The first kappa shape index (κ1) is 15.0. The lowest BCUT2D eigenvalue weighted by Crippen LogP contribution is -2.46. The van der Waals surface area contributed by atoms with E-state index in [9.17, 15) is 4.79 Å². The molecule has 110 valence electrons. The third-order valence-corrected chi connectivity index (χ3v) is 5.11. The summed E-state index contributed by atoms with van der Waals surface area (Å²) in [5, 5.41) is 0. The van der Waals surface area contributed by atoms with Crippen LogP contribution in [0.2, 0.25) is 0 Å². The first-order valence-corrected chi connectivity index (χ1v) is 7.90. The highest BCUT2D eigenvalue weighted by atomic mass is 16.1. The summed E-state index contributed by atoms with van der Waals surface area (Å²) in [4.78, 5) is 16.5. The summed E-state index contributed by atoms with van der Waals surface area (Å²) >= 11 is 0. The Kier molecular flexibility index (Phi) is 5.02. The predicted molar refractivity (Wildman–Crippen MR) is 79.3 cm³/mol. The van der Waals surface area contributed by atoms with Crippen LogP contribution in [-0.4, -0.2) is 55.9 Å². The van der Waals surface area contributed by atoms with E-state index in [-0.39, 0.29) is 5.41 Å². The summed E-state index contributed by atoms with van der Waals surface area (Å²) in [6.45, 7) is 5.64. The molecule has 0 N–H and O–H groups in total. The number of hydrogen-bond acceptors (Lipinski definition) is 3. The molecule has 0 aromatic carbocycles. The highest BCUT2D eigenvalue weighted by Gasteiger charge is 2.38. The molecule has 0 aromatic rings. The van der Waals surface area contributed by atoms with Crippen molar-refractivity contribution >= 4 is 6.29 Å². The molecular formula is C16H30N2O. The summed E-state index contributed by atoms with van der Waals surface area (Å²) in [5.41, 5.74) is -0.0403. The molecule has 1 heterocycles. The summed E-state index contributed by atoms with van der Waals surface area (Å²) in [6, 6.07) is 0.658. The molecule has 3 heteroatoms. The monoisotopic (exact) mass is 266 g/mol. The number of aldehydes is 1. The third kappa shape index (κ3) is 3.79. The van der Waals surface area contributed by atoms with E-state index in [0.29, 0.717) is 6.04 Å². The number of likely N-dealkylation sites (tertiary alicyclic amines) is 1. The minimum atomic E-state index is -0.0403. The minimum absolute atomic E-state index is 0.0403. The van der Waals surface area contributed by atoms with Crippen LogP contribution in [0.1, 0.15) is 45.4 Å². The molecular weight excluding hydrogens is 236 g/mol. The van der Waals surface area contributed by atoms with Crippen molar-refractivity contribution in [2.45, 2.75) is 51.5 Å². The molecule has 1 atom stereocenters. The molecule has 0 radical (unpaired) electrons. The van der Waals surface area contributed by atoms with Crippen LogP contribution in [0.3, 0.4) is 0 Å². The Morgan fingerprint density at radius 3 is 2.53 bits per heavy atom.